The summed E-state index contributed by atoms with van der Waals surface area (Å²) in [6.45, 7) is 2.76. The topological polar surface area (TPSA) is 38.8 Å². The predicted molar refractivity (Wildman–Crippen MR) is 134 cm³/mol. The van der Waals surface area contributed by atoms with Crippen molar-refractivity contribution in [3.8, 4) is 11.5 Å². The molecule has 0 radical (unpaired) electrons. The minimum atomic E-state index is -0.287. The zero-order chi connectivity index (χ0) is 23.4. The van der Waals surface area contributed by atoms with Crippen LogP contribution in [0, 0.1) is 12.7 Å². The van der Waals surface area contributed by atoms with Crippen LogP contribution >= 0.6 is 24.0 Å². The summed E-state index contributed by atoms with van der Waals surface area (Å²) in [6.07, 6.45) is 1.81. The standard InChI is InChI=1S/C26H22FNO3S2/c1-17-3-5-18(6-4-17)15-28-25(29)24(33-26(28)32)14-20-9-12-22(23(13-20)30-2)31-16-19-7-10-21(27)11-8-19/h3-14H,15-16H2,1-2H3. The summed E-state index contributed by atoms with van der Waals surface area (Å²) in [4.78, 5) is 15.1. The number of benzene rings is 3. The van der Waals surface area contributed by atoms with Crippen LogP contribution in [-0.2, 0) is 17.9 Å². The third-order valence-corrected chi connectivity index (χ3v) is 6.51. The molecule has 3 aromatic carbocycles. The van der Waals surface area contributed by atoms with Gasteiger partial charge in [-0.05, 0) is 54.0 Å². The lowest BCUT2D eigenvalue weighted by atomic mass is 10.1. The number of halogens is 1. The van der Waals surface area contributed by atoms with Gasteiger partial charge in [-0.3, -0.25) is 9.69 Å². The third kappa shape index (κ3) is 5.61. The number of carbonyl (C=O) groups is 1. The van der Waals surface area contributed by atoms with Gasteiger partial charge in [0.2, 0.25) is 0 Å². The molecule has 1 aliphatic rings. The molecular weight excluding hydrogens is 457 g/mol. The highest BCUT2D eigenvalue weighted by Gasteiger charge is 2.32. The van der Waals surface area contributed by atoms with Gasteiger partial charge in [0.25, 0.3) is 5.91 Å². The van der Waals surface area contributed by atoms with Crippen LogP contribution in [-0.4, -0.2) is 22.2 Å². The van der Waals surface area contributed by atoms with Gasteiger partial charge in [-0.1, -0.05) is 72.0 Å². The van der Waals surface area contributed by atoms with E-state index in [0.717, 1.165) is 16.7 Å². The first-order valence-electron chi connectivity index (χ1n) is 10.3. The minimum absolute atomic E-state index is 0.110. The molecule has 168 valence electrons. The predicted octanol–water partition coefficient (Wildman–Crippen LogP) is 6.12. The molecule has 0 aromatic heterocycles. The fraction of sp³-hybridized carbons (Fsp3) is 0.154. The molecule has 0 N–H and O–H groups in total. The maximum absolute atomic E-state index is 13.1. The molecule has 1 heterocycles. The van der Waals surface area contributed by atoms with E-state index >= 15 is 0 Å². The Bertz CT molecular complexity index is 1210. The summed E-state index contributed by atoms with van der Waals surface area (Å²) in [5.41, 5.74) is 3.85. The van der Waals surface area contributed by atoms with Crippen LogP contribution in [0.15, 0.2) is 71.6 Å². The van der Waals surface area contributed by atoms with Crippen LogP contribution in [0.4, 0.5) is 4.39 Å². The Balaban J connectivity index is 1.47. The largest absolute Gasteiger partial charge is 0.493 e. The Kier molecular flexibility index (Phi) is 7.11. The van der Waals surface area contributed by atoms with Crippen molar-refractivity contribution in [1.29, 1.82) is 0 Å². The summed E-state index contributed by atoms with van der Waals surface area (Å²) in [7, 11) is 1.56. The molecule has 0 atom stereocenters. The molecule has 0 unspecified atom stereocenters. The molecule has 4 rings (SSSR count). The summed E-state index contributed by atoms with van der Waals surface area (Å²) >= 11 is 6.74. The average molecular weight is 480 g/mol. The van der Waals surface area contributed by atoms with Crippen LogP contribution in [0.2, 0.25) is 0 Å². The van der Waals surface area contributed by atoms with E-state index in [0.29, 0.717) is 27.3 Å². The second kappa shape index (κ2) is 10.2. The lowest BCUT2D eigenvalue weighted by molar-refractivity contribution is -0.122. The first kappa shape index (κ1) is 23.0. The number of thiocarbonyl (C=S) groups is 1. The molecule has 1 fully saturated rings. The van der Waals surface area contributed by atoms with Gasteiger partial charge in [-0.2, -0.15) is 0 Å². The molecule has 1 saturated heterocycles. The van der Waals surface area contributed by atoms with Gasteiger partial charge in [0, 0.05) is 0 Å². The van der Waals surface area contributed by atoms with Gasteiger partial charge in [-0.15, -0.1) is 0 Å². The Labute approximate surface area is 202 Å². The number of methoxy groups -OCH3 is 1. The summed E-state index contributed by atoms with van der Waals surface area (Å²) in [5.74, 6) is 0.707. The maximum atomic E-state index is 13.1. The van der Waals surface area contributed by atoms with Crippen LogP contribution in [0.25, 0.3) is 6.08 Å². The van der Waals surface area contributed by atoms with Crippen LogP contribution in [0.5, 0.6) is 11.5 Å². The Hall–Kier alpha value is -3.16. The lowest BCUT2D eigenvalue weighted by Gasteiger charge is -2.14. The van der Waals surface area contributed by atoms with Crippen molar-refractivity contribution in [2.75, 3.05) is 7.11 Å². The molecule has 0 aliphatic carbocycles. The number of nitrogens with zero attached hydrogens (tertiary/aromatic N) is 1. The number of carbonyl (C=O) groups excluding carboxylic acids is 1. The SMILES string of the molecule is COc1cc(C=C2SC(=S)N(Cc3ccc(C)cc3)C2=O)ccc1OCc1ccc(F)cc1. The summed E-state index contributed by atoms with van der Waals surface area (Å²) in [5, 5.41) is 0. The van der Waals surface area contributed by atoms with Crippen molar-refractivity contribution in [1.82, 2.24) is 4.90 Å². The monoisotopic (exact) mass is 479 g/mol. The maximum Gasteiger partial charge on any atom is 0.266 e. The van der Waals surface area contributed by atoms with Crippen molar-refractivity contribution in [2.24, 2.45) is 0 Å². The molecule has 33 heavy (non-hydrogen) atoms. The van der Waals surface area contributed by atoms with Gasteiger partial charge in [0.05, 0.1) is 18.6 Å². The zero-order valence-electron chi connectivity index (χ0n) is 18.2. The normalized spacial score (nSPS) is 14.8. The summed E-state index contributed by atoms with van der Waals surface area (Å²) in [6, 6.07) is 19.7. The first-order chi connectivity index (χ1) is 15.9. The number of amides is 1. The highest BCUT2D eigenvalue weighted by Crippen LogP contribution is 2.35. The fourth-order valence-electron chi connectivity index (χ4n) is 3.30. The molecule has 4 nitrogen and oxygen atoms in total. The molecule has 1 amide bonds. The molecule has 3 aromatic rings. The van der Waals surface area contributed by atoms with Crippen molar-refractivity contribution >= 4 is 40.3 Å². The Morgan fingerprint density at radius 2 is 1.70 bits per heavy atom. The highest BCUT2D eigenvalue weighted by atomic mass is 32.2. The van der Waals surface area contributed by atoms with E-state index in [2.05, 4.69) is 0 Å². The van der Waals surface area contributed by atoms with Crippen molar-refractivity contribution in [3.63, 3.8) is 0 Å². The van der Waals surface area contributed by atoms with Gasteiger partial charge in [0.15, 0.2) is 11.5 Å². The minimum Gasteiger partial charge on any atom is -0.493 e. The van der Waals surface area contributed by atoms with Crippen LogP contribution in [0.1, 0.15) is 22.3 Å². The first-order valence-corrected chi connectivity index (χ1v) is 11.5. The van der Waals surface area contributed by atoms with E-state index in [1.807, 2.05) is 43.3 Å². The van der Waals surface area contributed by atoms with E-state index in [9.17, 15) is 9.18 Å². The van der Waals surface area contributed by atoms with Crippen molar-refractivity contribution < 1.29 is 18.7 Å². The highest BCUT2D eigenvalue weighted by molar-refractivity contribution is 8.26. The molecule has 0 spiro atoms. The Morgan fingerprint density at radius 1 is 1.00 bits per heavy atom. The zero-order valence-corrected chi connectivity index (χ0v) is 19.8. The number of rotatable bonds is 7. The van der Waals surface area contributed by atoms with E-state index in [1.54, 1.807) is 36.3 Å². The number of hydrogen-bond donors (Lipinski definition) is 0. The molecule has 0 bridgehead atoms. The molecule has 0 saturated carbocycles. The van der Waals surface area contributed by atoms with Crippen molar-refractivity contribution in [3.05, 3.63) is 99.7 Å². The van der Waals surface area contributed by atoms with Crippen LogP contribution in [0.3, 0.4) is 0 Å². The van der Waals surface area contributed by atoms with Gasteiger partial charge in [0.1, 0.15) is 16.7 Å². The van der Waals surface area contributed by atoms with E-state index in [1.165, 1.54) is 29.5 Å². The molecule has 7 heteroatoms. The molecule has 1 aliphatic heterocycles. The quantitative estimate of drug-likeness (QED) is 0.301. The number of thioether (sulfide) groups is 1. The third-order valence-electron chi connectivity index (χ3n) is 5.13. The van der Waals surface area contributed by atoms with Crippen molar-refractivity contribution in [2.45, 2.75) is 20.1 Å². The number of aryl methyl sites for hydroxylation is 1. The second-order valence-electron chi connectivity index (χ2n) is 7.58. The van der Waals surface area contributed by atoms with E-state index in [4.69, 9.17) is 21.7 Å². The van der Waals surface area contributed by atoms with Crippen LogP contribution < -0.4 is 9.47 Å². The number of hydrogen-bond acceptors (Lipinski definition) is 5. The van der Waals surface area contributed by atoms with Gasteiger partial charge >= 0.3 is 0 Å². The van der Waals surface area contributed by atoms with Gasteiger partial charge < -0.3 is 9.47 Å². The Morgan fingerprint density at radius 3 is 2.39 bits per heavy atom. The fourth-order valence-corrected chi connectivity index (χ4v) is 4.55. The number of ether oxygens (including phenoxy) is 2. The van der Waals surface area contributed by atoms with E-state index in [-0.39, 0.29) is 18.3 Å². The van der Waals surface area contributed by atoms with E-state index < -0.39 is 0 Å². The second-order valence-corrected chi connectivity index (χ2v) is 9.25. The lowest BCUT2D eigenvalue weighted by Crippen LogP contribution is -2.27. The van der Waals surface area contributed by atoms with Gasteiger partial charge in [-0.25, -0.2) is 4.39 Å². The molecular formula is C26H22FNO3S2. The smallest absolute Gasteiger partial charge is 0.266 e. The average Bonchev–Trinajstić information content (AvgIpc) is 3.07. The summed E-state index contributed by atoms with van der Waals surface area (Å²) < 4.78 is 24.9.